The molecule has 3 aromatic carbocycles. The number of ether oxygens (including phenoxy) is 4. The third kappa shape index (κ3) is 8.42. The second-order valence-corrected chi connectivity index (χ2v) is 12.4. The molecule has 0 aromatic heterocycles. The zero-order valence-electron chi connectivity index (χ0n) is 27.7. The van der Waals surface area contributed by atoms with Crippen LogP contribution >= 0.6 is 0 Å². The third-order valence-electron chi connectivity index (χ3n) is 7.69. The van der Waals surface area contributed by atoms with Gasteiger partial charge in [-0.2, -0.15) is 0 Å². The van der Waals surface area contributed by atoms with Crippen LogP contribution in [0.2, 0.25) is 0 Å². The minimum Gasteiger partial charge on any atom is -0.497 e. The van der Waals surface area contributed by atoms with E-state index in [0.29, 0.717) is 24.5 Å². The Balaban J connectivity index is 2.18. The summed E-state index contributed by atoms with van der Waals surface area (Å²) >= 11 is 0. The molecule has 3 rings (SSSR count). The molecule has 0 unspecified atom stereocenters. The molecule has 0 heterocycles. The number of hydrogen-bond acceptors (Lipinski definition) is 8. The van der Waals surface area contributed by atoms with Gasteiger partial charge in [0.05, 0.1) is 39.0 Å². The molecule has 0 aliphatic rings. The molecular weight excluding hydrogens is 610 g/mol. The summed E-state index contributed by atoms with van der Waals surface area (Å²) in [5, 5.41) is 2.94. The number of amides is 2. The summed E-state index contributed by atoms with van der Waals surface area (Å²) in [6.07, 6.45) is 2.01. The number of nitrogens with zero attached hydrogens (tertiary/aromatic N) is 2. The molecule has 12 heteroatoms. The highest BCUT2D eigenvalue weighted by atomic mass is 32.2. The molecule has 1 atom stereocenters. The van der Waals surface area contributed by atoms with Gasteiger partial charge in [0.1, 0.15) is 24.1 Å². The zero-order valence-corrected chi connectivity index (χ0v) is 28.5. The Labute approximate surface area is 272 Å². The molecule has 3 aromatic rings. The molecule has 0 aliphatic heterocycles. The lowest BCUT2D eigenvalue weighted by Crippen LogP contribution is -2.52. The van der Waals surface area contributed by atoms with Crippen LogP contribution in [0.5, 0.6) is 23.0 Å². The molecule has 0 spiro atoms. The van der Waals surface area contributed by atoms with Gasteiger partial charge in [-0.05, 0) is 55.2 Å². The van der Waals surface area contributed by atoms with E-state index in [4.69, 9.17) is 18.9 Å². The van der Waals surface area contributed by atoms with E-state index in [1.54, 1.807) is 12.1 Å². The second-order valence-electron chi connectivity index (χ2n) is 10.6. The largest absolute Gasteiger partial charge is 0.497 e. The highest BCUT2D eigenvalue weighted by molar-refractivity contribution is 7.92. The quantitative estimate of drug-likeness (QED) is 0.203. The van der Waals surface area contributed by atoms with Crippen LogP contribution in [-0.4, -0.2) is 72.7 Å². The SMILES string of the molecule is CCCCNC(=O)[C@H](CC)N(Cc1ccccc1C)C(=O)CN(c1cc(OC)ccc1OC)S(=O)(=O)c1ccc(OC)c(OC)c1. The van der Waals surface area contributed by atoms with Crippen molar-refractivity contribution in [1.29, 1.82) is 0 Å². The van der Waals surface area contributed by atoms with E-state index < -0.39 is 28.5 Å². The van der Waals surface area contributed by atoms with E-state index >= 15 is 0 Å². The van der Waals surface area contributed by atoms with Gasteiger partial charge in [0.15, 0.2) is 11.5 Å². The first-order valence-electron chi connectivity index (χ1n) is 15.1. The van der Waals surface area contributed by atoms with Gasteiger partial charge in [-0.15, -0.1) is 0 Å². The number of benzene rings is 3. The molecule has 0 saturated heterocycles. The van der Waals surface area contributed by atoms with Crippen LogP contribution < -0.4 is 28.6 Å². The standard InChI is InChI=1S/C34H45N3O8S/c1-8-10-19-35-34(39)28(9-2)36(22-25-14-12-11-13-24(25)3)33(38)23-37(29-20-26(42-4)15-17-30(29)43-5)46(40,41)27-16-18-31(44-6)32(21-27)45-7/h11-18,20-21,28H,8-10,19,22-23H2,1-7H3,(H,35,39)/t28-/m0/s1. The first kappa shape index (κ1) is 36.0. The lowest BCUT2D eigenvalue weighted by molar-refractivity contribution is -0.140. The van der Waals surface area contributed by atoms with Gasteiger partial charge in [0.25, 0.3) is 10.0 Å². The Kier molecular flexibility index (Phi) is 13.1. The Morgan fingerprint density at radius 2 is 1.52 bits per heavy atom. The average molecular weight is 656 g/mol. The molecule has 0 radical (unpaired) electrons. The predicted molar refractivity (Wildman–Crippen MR) is 177 cm³/mol. The lowest BCUT2D eigenvalue weighted by atomic mass is 10.1. The van der Waals surface area contributed by atoms with Crippen LogP contribution in [0.1, 0.15) is 44.2 Å². The minimum atomic E-state index is -4.43. The maximum absolute atomic E-state index is 14.5. The van der Waals surface area contributed by atoms with Crippen molar-refractivity contribution in [2.75, 3.05) is 45.8 Å². The summed E-state index contributed by atoms with van der Waals surface area (Å²) in [6, 6.07) is 15.6. The first-order chi connectivity index (χ1) is 22.1. The average Bonchev–Trinajstić information content (AvgIpc) is 3.07. The van der Waals surface area contributed by atoms with E-state index in [9.17, 15) is 18.0 Å². The molecule has 46 heavy (non-hydrogen) atoms. The summed E-state index contributed by atoms with van der Waals surface area (Å²) in [7, 11) is 1.28. The summed E-state index contributed by atoms with van der Waals surface area (Å²) in [4.78, 5) is 29.2. The number of aryl methyl sites for hydroxylation is 1. The van der Waals surface area contributed by atoms with Crippen LogP contribution in [0.25, 0.3) is 0 Å². The van der Waals surface area contributed by atoms with E-state index in [0.717, 1.165) is 28.3 Å². The van der Waals surface area contributed by atoms with Crippen molar-refractivity contribution >= 4 is 27.5 Å². The number of carbonyl (C=O) groups is 2. The second kappa shape index (κ2) is 16.7. The normalized spacial score (nSPS) is 11.7. The van der Waals surface area contributed by atoms with Gasteiger partial charge >= 0.3 is 0 Å². The van der Waals surface area contributed by atoms with Gasteiger partial charge in [-0.25, -0.2) is 8.42 Å². The Bertz CT molecular complexity index is 1590. The molecule has 250 valence electrons. The molecule has 11 nitrogen and oxygen atoms in total. The Hall–Kier alpha value is -4.45. The van der Waals surface area contributed by atoms with Crippen LogP contribution in [-0.2, 0) is 26.2 Å². The first-order valence-corrected chi connectivity index (χ1v) is 16.6. The van der Waals surface area contributed by atoms with Crippen molar-refractivity contribution in [3.63, 3.8) is 0 Å². The van der Waals surface area contributed by atoms with Crippen LogP contribution in [0, 0.1) is 6.92 Å². The van der Waals surface area contributed by atoms with Gasteiger partial charge < -0.3 is 29.2 Å². The monoisotopic (exact) mass is 655 g/mol. The molecule has 0 fully saturated rings. The summed E-state index contributed by atoms with van der Waals surface area (Å²) in [5.74, 6) is 0.221. The van der Waals surface area contributed by atoms with Gasteiger partial charge in [-0.1, -0.05) is 44.5 Å². The van der Waals surface area contributed by atoms with Crippen LogP contribution in [0.3, 0.4) is 0 Å². The fourth-order valence-electron chi connectivity index (χ4n) is 5.01. The van der Waals surface area contributed by atoms with Crippen molar-refractivity contribution < 1.29 is 37.0 Å². The fourth-order valence-corrected chi connectivity index (χ4v) is 6.44. The van der Waals surface area contributed by atoms with Gasteiger partial charge in [-0.3, -0.25) is 13.9 Å². The van der Waals surface area contributed by atoms with Gasteiger partial charge in [0.2, 0.25) is 11.8 Å². The lowest BCUT2D eigenvalue weighted by Gasteiger charge is -2.34. The number of unbranched alkanes of at least 4 members (excludes halogenated alkanes) is 1. The molecular formula is C34H45N3O8S. The summed E-state index contributed by atoms with van der Waals surface area (Å²) in [5.41, 5.74) is 1.86. The highest BCUT2D eigenvalue weighted by Gasteiger charge is 2.35. The van der Waals surface area contributed by atoms with Crippen molar-refractivity contribution in [3.05, 3.63) is 71.8 Å². The number of carbonyl (C=O) groups excluding carboxylic acids is 2. The molecule has 0 saturated carbocycles. The number of methoxy groups -OCH3 is 4. The van der Waals surface area contributed by atoms with E-state index in [1.165, 1.54) is 57.6 Å². The van der Waals surface area contributed by atoms with E-state index in [2.05, 4.69) is 5.32 Å². The zero-order chi connectivity index (χ0) is 33.9. The fraction of sp³-hybridized carbons (Fsp3) is 0.412. The third-order valence-corrected chi connectivity index (χ3v) is 9.45. The molecule has 0 bridgehead atoms. The molecule has 1 N–H and O–H groups in total. The summed E-state index contributed by atoms with van der Waals surface area (Å²) < 4.78 is 51.6. The summed E-state index contributed by atoms with van der Waals surface area (Å²) in [6.45, 7) is 5.72. The number of anilines is 1. The van der Waals surface area contributed by atoms with E-state index in [-0.39, 0.29) is 34.5 Å². The smallest absolute Gasteiger partial charge is 0.265 e. The van der Waals surface area contributed by atoms with Crippen LogP contribution in [0.15, 0.2) is 65.6 Å². The van der Waals surface area contributed by atoms with Crippen molar-refractivity contribution in [2.45, 2.75) is 57.5 Å². The number of nitrogens with one attached hydrogen (secondary N) is 1. The minimum absolute atomic E-state index is 0.0845. The van der Waals surface area contributed by atoms with E-state index in [1.807, 2.05) is 45.0 Å². The van der Waals surface area contributed by atoms with Crippen molar-refractivity contribution in [2.24, 2.45) is 0 Å². The van der Waals surface area contributed by atoms with Crippen molar-refractivity contribution in [1.82, 2.24) is 10.2 Å². The highest BCUT2D eigenvalue weighted by Crippen LogP contribution is 2.38. The Morgan fingerprint density at radius 1 is 0.848 bits per heavy atom. The predicted octanol–water partition coefficient (Wildman–Crippen LogP) is 4.95. The van der Waals surface area contributed by atoms with Crippen LogP contribution in [0.4, 0.5) is 5.69 Å². The Morgan fingerprint density at radius 3 is 2.13 bits per heavy atom. The molecule has 0 aliphatic carbocycles. The number of rotatable bonds is 17. The maximum Gasteiger partial charge on any atom is 0.265 e. The number of hydrogen-bond donors (Lipinski definition) is 1. The maximum atomic E-state index is 14.5. The van der Waals surface area contributed by atoms with Crippen molar-refractivity contribution in [3.8, 4) is 23.0 Å². The molecule has 2 amide bonds. The topological polar surface area (TPSA) is 124 Å². The van der Waals surface area contributed by atoms with Gasteiger partial charge in [0, 0.05) is 25.2 Å². The number of sulfonamides is 1.